The van der Waals surface area contributed by atoms with Crippen molar-refractivity contribution < 1.29 is 14.3 Å². The van der Waals surface area contributed by atoms with Gasteiger partial charge in [0.25, 0.3) is 0 Å². The molecule has 2 amide bonds. The van der Waals surface area contributed by atoms with Gasteiger partial charge in [-0.3, -0.25) is 0 Å². The van der Waals surface area contributed by atoms with Crippen molar-refractivity contribution in [1.82, 2.24) is 5.32 Å². The van der Waals surface area contributed by atoms with Gasteiger partial charge < -0.3 is 20.1 Å². The number of carbonyl (C=O) groups is 1. The second kappa shape index (κ2) is 7.28. The normalized spacial score (nSPS) is 13.4. The van der Waals surface area contributed by atoms with Crippen LogP contribution in [0, 0.1) is 0 Å². The van der Waals surface area contributed by atoms with Gasteiger partial charge in [0.1, 0.15) is 13.2 Å². The first-order valence-electron chi connectivity index (χ1n) is 8.95. The molecule has 0 atom stereocenters. The third-order valence-corrected chi connectivity index (χ3v) is 4.52. The van der Waals surface area contributed by atoms with Crippen LogP contribution in [-0.4, -0.2) is 19.2 Å². The van der Waals surface area contributed by atoms with Crippen LogP contribution in [0.2, 0.25) is 0 Å². The van der Waals surface area contributed by atoms with Crippen molar-refractivity contribution >= 4 is 11.7 Å². The highest BCUT2D eigenvalue weighted by atomic mass is 16.6. The van der Waals surface area contributed by atoms with E-state index in [1.54, 1.807) is 0 Å². The van der Waals surface area contributed by atoms with Gasteiger partial charge in [-0.15, -0.1) is 0 Å². The molecule has 0 saturated carbocycles. The van der Waals surface area contributed by atoms with Gasteiger partial charge in [0.2, 0.25) is 0 Å². The third-order valence-electron chi connectivity index (χ3n) is 4.52. The van der Waals surface area contributed by atoms with Crippen molar-refractivity contribution in [3.63, 3.8) is 0 Å². The number of urea groups is 1. The molecule has 0 aromatic heterocycles. The van der Waals surface area contributed by atoms with Gasteiger partial charge in [0.05, 0.1) is 5.54 Å². The molecule has 0 bridgehead atoms. The van der Waals surface area contributed by atoms with E-state index < -0.39 is 5.54 Å². The lowest BCUT2D eigenvalue weighted by Gasteiger charge is -2.29. The van der Waals surface area contributed by atoms with Crippen LogP contribution in [0.5, 0.6) is 11.5 Å². The van der Waals surface area contributed by atoms with Crippen molar-refractivity contribution in [3.8, 4) is 11.5 Å². The highest BCUT2D eigenvalue weighted by Crippen LogP contribution is 2.34. The Morgan fingerprint density at radius 1 is 1.04 bits per heavy atom. The number of benzene rings is 2. The molecule has 2 N–H and O–H groups in total. The minimum Gasteiger partial charge on any atom is -0.486 e. The number of hydrogen-bond acceptors (Lipinski definition) is 3. The fourth-order valence-corrected chi connectivity index (χ4v) is 3.06. The zero-order valence-corrected chi connectivity index (χ0v) is 15.8. The van der Waals surface area contributed by atoms with E-state index >= 15 is 0 Å². The zero-order valence-electron chi connectivity index (χ0n) is 15.8. The first-order valence-corrected chi connectivity index (χ1v) is 8.95. The first kappa shape index (κ1) is 18.1. The highest BCUT2D eigenvalue weighted by molar-refractivity contribution is 5.90. The molecule has 3 rings (SSSR count). The van der Waals surface area contributed by atoms with Crippen molar-refractivity contribution in [2.75, 3.05) is 18.5 Å². The standard InChI is InChI=1S/C21H26N2O3/c1-14(2)16-7-5-6-8-17(16)22-20(24)23-21(3,4)15-9-10-18-19(13-15)26-12-11-25-18/h5-10,13-14H,11-12H2,1-4H3,(H2,22,23,24). The number of rotatable bonds is 4. The summed E-state index contributed by atoms with van der Waals surface area (Å²) < 4.78 is 11.2. The van der Waals surface area contributed by atoms with Crippen LogP contribution in [0.1, 0.15) is 44.7 Å². The Bertz CT molecular complexity index is 800. The van der Waals surface area contributed by atoms with Gasteiger partial charge in [-0.1, -0.05) is 38.1 Å². The Balaban J connectivity index is 1.74. The summed E-state index contributed by atoms with van der Waals surface area (Å²) in [4.78, 5) is 12.6. The van der Waals surface area contributed by atoms with Crippen LogP contribution >= 0.6 is 0 Å². The Morgan fingerprint density at radius 3 is 2.46 bits per heavy atom. The van der Waals surface area contributed by atoms with Gasteiger partial charge in [0, 0.05) is 5.69 Å². The number of fused-ring (bicyclic) bond motifs is 1. The van der Waals surface area contributed by atoms with Crippen molar-refractivity contribution in [2.45, 2.75) is 39.2 Å². The molecule has 5 nitrogen and oxygen atoms in total. The maximum Gasteiger partial charge on any atom is 0.319 e. The molecular weight excluding hydrogens is 328 g/mol. The SMILES string of the molecule is CC(C)c1ccccc1NC(=O)NC(C)(C)c1ccc2c(c1)OCCO2. The minimum absolute atomic E-state index is 0.238. The molecule has 1 aliphatic heterocycles. The van der Waals surface area contributed by atoms with Crippen LogP contribution in [0.25, 0.3) is 0 Å². The topological polar surface area (TPSA) is 59.6 Å². The smallest absolute Gasteiger partial charge is 0.319 e. The van der Waals surface area contributed by atoms with Gasteiger partial charge >= 0.3 is 6.03 Å². The maximum atomic E-state index is 12.6. The summed E-state index contributed by atoms with van der Waals surface area (Å²) in [5.41, 5.74) is 2.33. The Morgan fingerprint density at radius 2 is 1.73 bits per heavy atom. The largest absolute Gasteiger partial charge is 0.486 e. The quantitative estimate of drug-likeness (QED) is 0.841. The third kappa shape index (κ3) is 3.93. The van der Waals surface area contributed by atoms with Crippen molar-refractivity contribution in [1.29, 1.82) is 0 Å². The van der Waals surface area contributed by atoms with Crippen LogP contribution in [0.15, 0.2) is 42.5 Å². The number of anilines is 1. The number of ether oxygens (including phenoxy) is 2. The predicted octanol–water partition coefficient (Wildman–Crippen LogP) is 4.64. The van der Waals surface area contributed by atoms with Crippen molar-refractivity contribution in [2.24, 2.45) is 0 Å². The predicted molar refractivity (Wildman–Crippen MR) is 103 cm³/mol. The minimum atomic E-state index is -0.563. The van der Waals surface area contributed by atoms with Gasteiger partial charge in [-0.25, -0.2) is 4.79 Å². The lowest BCUT2D eigenvalue weighted by Crippen LogP contribution is -2.43. The number of amides is 2. The van der Waals surface area contributed by atoms with E-state index in [9.17, 15) is 4.79 Å². The molecule has 0 saturated heterocycles. The molecule has 0 aliphatic carbocycles. The monoisotopic (exact) mass is 354 g/mol. The first-order chi connectivity index (χ1) is 12.4. The van der Waals surface area contributed by atoms with Crippen molar-refractivity contribution in [3.05, 3.63) is 53.6 Å². The van der Waals surface area contributed by atoms with E-state index in [-0.39, 0.29) is 6.03 Å². The molecule has 1 aliphatic rings. The number of nitrogens with one attached hydrogen (secondary N) is 2. The van der Waals surface area contributed by atoms with E-state index in [4.69, 9.17) is 9.47 Å². The summed E-state index contributed by atoms with van der Waals surface area (Å²) in [6, 6.07) is 13.4. The number of carbonyl (C=O) groups excluding carboxylic acids is 1. The molecule has 1 heterocycles. The highest BCUT2D eigenvalue weighted by Gasteiger charge is 2.25. The molecule has 0 radical (unpaired) electrons. The van der Waals surface area contributed by atoms with E-state index in [1.807, 2.05) is 56.3 Å². The lowest BCUT2D eigenvalue weighted by atomic mass is 9.94. The lowest BCUT2D eigenvalue weighted by molar-refractivity contribution is 0.171. The van der Waals surface area contributed by atoms with Gasteiger partial charge in [0.15, 0.2) is 11.5 Å². The fraction of sp³-hybridized carbons (Fsp3) is 0.381. The molecule has 0 fully saturated rings. The second-order valence-corrected chi connectivity index (χ2v) is 7.30. The molecule has 138 valence electrons. The average molecular weight is 354 g/mol. The van der Waals surface area contributed by atoms with Gasteiger partial charge in [-0.05, 0) is 49.1 Å². The summed E-state index contributed by atoms with van der Waals surface area (Å²) in [6.07, 6.45) is 0. The summed E-state index contributed by atoms with van der Waals surface area (Å²) in [5.74, 6) is 1.79. The zero-order chi connectivity index (χ0) is 18.7. The van der Waals surface area contributed by atoms with E-state index in [0.717, 1.165) is 22.6 Å². The summed E-state index contributed by atoms with van der Waals surface area (Å²) in [6.45, 7) is 9.25. The Hall–Kier alpha value is -2.69. The second-order valence-electron chi connectivity index (χ2n) is 7.30. The Labute approximate surface area is 154 Å². The number of hydrogen-bond donors (Lipinski definition) is 2. The molecule has 0 spiro atoms. The van der Waals surface area contributed by atoms with E-state index in [2.05, 4.69) is 24.5 Å². The summed E-state index contributed by atoms with van der Waals surface area (Å²) in [5, 5.41) is 6.02. The molecular formula is C21H26N2O3. The van der Waals surface area contributed by atoms with Crippen LogP contribution in [0.3, 0.4) is 0 Å². The molecule has 0 unspecified atom stereocenters. The average Bonchev–Trinajstić information content (AvgIpc) is 2.61. The molecule has 5 heteroatoms. The van der Waals surface area contributed by atoms with Crippen LogP contribution in [-0.2, 0) is 5.54 Å². The fourth-order valence-electron chi connectivity index (χ4n) is 3.06. The maximum absolute atomic E-state index is 12.6. The van der Waals surface area contributed by atoms with Crippen LogP contribution < -0.4 is 20.1 Å². The summed E-state index contributed by atoms with van der Waals surface area (Å²) in [7, 11) is 0. The Kier molecular flexibility index (Phi) is 5.07. The van der Waals surface area contributed by atoms with Crippen LogP contribution in [0.4, 0.5) is 10.5 Å². The van der Waals surface area contributed by atoms with E-state index in [0.29, 0.717) is 24.9 Å². The van der Waals surface area contributed by atoms with E-state index in [1.165, 1.54) is 0 Å². The summed E-state index contributed by atoms with van der Waals surface area (Å²) >= 11 is 0. The number of para-hydroxylation sites is 1. The van der Waals surface area contributed by atoms with Gasteiger partial charge in [-0.2, -0.15) is 0 Å². The molecule has 2 aromatic carbocycles. The molecule has 26 heavy (non-hydrogen) atoms. The molecule has 2 aromatic rings.